The monoisotopic (exact) mass is 374 g/mol. The van der Waals surface area contributed by atoms with Gasteiger partial charge in [-0.3, -0.25) is 9.59 Å². The van der Waals surface area contributed by atoms with Crippen molar-refractivity contribution in [3.8, 4) is 0 Å². The Hall–Kier alpha value is -2.18. The molecule has 2 amide bonds. The Morgan fingerprint density at radius 2 is 1.89 bits per heavy atom. The molecule has 1 aromatic rings. The van der Waals surface area contributed by atoms with Gasteiger partial charge in [-0.1, -0.05) is 30.3 Å². The summed E-state index contributed by atoms with van der Waals surface area (Å²) in [6.07, 6.45) is 5.65. The number of benzene rings is 1. The molecule has 0 spiro atoms. The number of piperidine rings is 1. The third-order valence-corrected chi connectivity index (χ3v) is 4.59. The van der Waals surface area contributed by atoms with Crippen molar-refractivity contribution in [2.75, 3.05) is 46.6 Å². The molecule has 0 unspecified atom stereocenters. The highest BCUT2D eigenvalue weighted by Crippen LogP contribution is 2.18. The molecular formula is C21H30N2O4. The first-order chi connectivity index (χ1) is 13.2. The number of hydrogen-bond donors (Lipinski definition) is 1. The number of hydrogen-bond acceptors (Lipinski definition) is 4. The zero-order valence-electron chi connectivity index (χ0n) is 16.1. The van der Waals surface area contributed by atoms with Gasteiger partial charge >= 0.3 is 0 Å². The molecule has 1 aliphatic rings. The lowest BCUT2D eigenvalue weighted by atomic mass is 9.96. The Kier molecular flexibility index (Phi) is 9.58. The van der Waals surface area contributed by atoms with Gasteiger partial charge < -0.3 is 19.7 Å². The van der Waals surface area contributed by atoms with Crippen LogP contribution < -0.4 is 5.32 Å². The van der Waals surface area contributed by atoms with Crippen LogP contribution in [0.4, 0.5) is 0 Å². The van der Waals surface area contributed by atoms with Crippen LogP contribution >= 0.6 is 0 Å². The number of carbonyl (C=O) groups excluding carboxylic acids is 2. The summed E-state index contributed by atoms with van der Waals surface area (Å²) in [6.45, 7) is 3.64. The molecule has 0 radical (unpaired) electrons. The van der Waals surface area contributed by atoms with E-state index in [0.717, 1.165) is 12.0 Å². The summed E-state index contributed by atoms with van der Waals surface area (Å²) >= 11 is 0. The van der Waals surface area contributed by atoms with Gasteiger partial charge in [0, 0.05) is 45.3 Å². The van der Waals surface area contributed by atoms with E-state index in [1.807, 2.05) is 41.3 Å². The zero-order valence-corrected chi connectivity index (χ0v) is 16.1. The summed E-state index contributed by atoms with van der Waals surface area (Å²) in [5.41, 5.74) is 1.01. The van der Waals surface area contributed by atoms with Gasteiger partial charge in [-0.05, 0) is 30.9 Å². The van der Waals surface area contributed by atoms with Gasteiger partial charge in [0.05, 0.1) is 13.2 Å². The average Bonchev–Trinajstić information content (AvgIpc) is 2.72. The summed E-state index contributed by atoms with van der Waals surface area (Å²) in [4.78, 5) is 26.3. The van der Waals surface area contributed by atoms with Crippen LogP contribution in [-0.2, 0) is 19.1 Å². The quantitative estimate of drug-likeness (QED) is 0.503. The van der Waals surface area contributed by atoms with Gasteiger partial charge in [-0.2, -0.15) is 0 Å². The second-order valence-electron chi connectivity index (χ2n) is 6.59. The van der Waals surface area contributed by atoms with Crippen LogP contribution in [0.1, 0.15) is 24.8 Å². The molecule has 6 heteroatoms. The lowest BCUT2D eigenvalue weighted by Gasteiger charge is -2.30. The van der Waals surface area contributed by atoms with Crippen LogP contribution in [0.5, 0.6) is 0 Å². The van der Waals surface area contributed by atoms with Gasteiger partial charge in [-0.25, -0.2) is 0 Å². The minimum Gasteiger partial charge on any atom is -0.382 e. The van der Waals surface area contributed by atoms with E-state index >= 15 is 0 Å². The Morgan fingerprint density at radius 3 is 2.59 bits per heavy atom. The van der Waals surface area contributed by atoms with Crippen LogP contribution in [0.15, 0.2) is 36.4 Å². The fourth-order valence-electron chi connectivity index (χ4n) is 2.97. The van der Waals surface area contributed by atoms with Crippen molar-refractivity contribution in [2.24, 2.45) is 5.92 Å². The Labute approximate surface area is 161 Å². The highest BCUT2D eigenvalue weighted by atomic mass is 16.5. The number of nitrogens with one attached hydrogen (secondary N) is 1. The number of amides is 2. The Bertz CT molecular complexity index is 595. The minimum absolute atomic E-state index is 0.00548. The highest BCUT2D eigenvalue weighted by Gasteiger charge is 2.26. The molecule has 6 nitrogen and oxygen atoms in total. The molecule has 0 aliphatic carbocycles. The van der Waals surface area contributed by atoms with Crippen molar-refractivity contribution in [1.82, 2.24) is 10.2 Å². The average molecular weight is 374 g/mol. The molecule has 0 atom stereocenters. The first kappa shape index (κ1) is 21.1. The molecule has 0 bridgehead atoms. The van der Waals surface area contributed by atoms with Gasteiger partial charge in [0.1, 0.15) is 0 Å². The molecule has 2 rings (SSSR count). The first-order valence-corrected chi connectivity index (χ1v) is 9.57. The maximum absolute atomic E-state index is 12.3. The third kappa shape index (κ3) is 7.93. The molecule has 1 N–H and O–H groups in total. The van der Waals surface area contributed by atoms with Crippen molar-refractivity contribution in [1.29, 1.82) is 0 Å². The standard InChI is InChI=1S/C21H30N2O4/c1-26-16-17-27-15-5-12-22-21(25)19-10-13-23(14-11-19)20(24)9-8-18-6-3-2-4-7-18/h2-4,6-9,19H,5,10-17H2,1H3,(H,22,25)/b9-8+. The molecule has 0 saturated carbocycles. The van der Waals surface area contributed by atoms with Crippen molar-refractivity contribution >= 4 is 17.9 Å². The molecule has 0 aromatic heterocycles. The lowest BCUT2D eigenvalue weighted by Crippen LogP contribution is -2.42. The van der Waals surface area contributed by atoms with Gasteiger partial charge in [0.2, 0.25) is 11.8 Å². The van der Waals surface area contributed by atoms with Crippen LogP contribution in [0, 0.1) is 5.92 Å². The lowest BCUT2D eigenvalue weighted by molar-refractivity contribution is -0.132. The van der Waals surface area contributed by atoms with Crippen molar-refractivity contribution < 1.29 is 19.1 Å². The number of likely N-dealkylation sites (tertiary alicyclic amines) is 1. The van der Waals surface area contributed by atoms with Crippen LogP contribution in [0.3, 0.4) is 0 Å². The van der Waals surface area contributed by atoms with Crippen LogP contribution in [-0.4, -0.2) is 63.3 Å². The van der Waals surface area contributed by atoms with E-state index in [2.05, 4.69) is 5.32 Å². The molecule has 27 heavy (non-hydrogen) atoms. The smallest absolute Gasteiger partial charge is 0.246 e. The molecule has 148 valence electrons. The highest BCUT2D eigenvalue weighted by molar-refractivity contribution is 5.92. The predicted molar refractivity (Wildman–Crippen MR) is 105 cm³/mol. The molecule has 1 fully saturated rings. The van der Waals surface area contributed by atoms with Crippen LogP contribution in [0.25, 0.3) is 6.08 Å². The van der Waals surface area contributed by atoms with Crippen molar-refractivity contribution in [3.63, 3.8) is 0 Å². The number of rotatable bonds is 10. The maximum atomic E-state index is 12.3. The predicted octanol–water partition coefficient (Wildman–Crippen LogP) is 2.11. The fraction of sp³-hybridized carbons (Fsp3) is 0.524. The van der Waals surface area contributed by atoms with E-state index in [9.17, 15) is 9.59 Å². The summed E-state index contributed by atoms with van der Waals surface area (Å²) in [5, 5.41) is 2.97. The molecule has 1 saturated heterocycles. The first-order valence-electron chi connectivity index (χ1n) is 9.57. The number of ether oxygens (including phenoxy) is 2. The van der Waals surface area contributed by atoms with Crippen molar-refractivity contribution in [3.05, 3.63) is 42.0 Å². The van der Waals surface area contributed by atoms with Crippen molar-refractivity contribution in [2.45, 2.75) is 19.3 Å². The molecule has 1 aromatic carbocycles. The Morgan fingerprint density at radius 1 is 1.15 bits per heavy atom. The summed E-state index contributed by atoms with van der Waals surface area (Å²) in [5.74, 6) is 0.0753. The van der Waals surface area contributed by atoms with E-state index < -0.39 is 0 Å². The van der Waals surface area contributed by atoms with E-state index in [1.54, 1.807) is 13.2 Å². The van der Waals surface area contributed by atoms with E-state index in [0.29, 0.717) is 52.3 Å². The second kappa shape index (κ2) is 12.3. The summed E-state index contributed by atoms with van der Waals surface area (Å²) in [6, 6.07) is 9.76. The summed E-state index contributed by atoms with van der Waals surface area (Å²) < 4.78 is 10.3. The van der Waals surface area contributed by atoms with Gasteiger partial charge in [-0.15, -0.1) is 0 Å². The largest absolute Gasteiger partial charge is 0.382 e. The molecule has 1 aliphatic heterocycles. The SMILES string of the molecule is COCCOCCCNC(=O)C1CCN(C(=O)/C=C/c2ccccc2)CC1. The van der Waals surface area contributed by atoms with Gasteiger partial charge in [0.15, 0.2) is 0 Å². The number of methoxy groups -OCH3 is 1. The van der Waals surface area contributed by atoms with Crippen LogP contribution in [0.2, 0.25) is 0 Å². The topological polar surface area (TPSA) is 67.9 Å². The minimum atomic E-state index is -0.0124. The zero-order chi connectivity index (χ0) is 19.3. The van der Waals surface area contributed by atoms with E-state index in [-0.39, 0.29) is 17.7 Å². The molecule has 1 heterocycles. The normalized spacial score (nSPS) is 15.2. The third-order valence-electron chi connectivity index (χ3n) is 4.59. The maximum Gasteiger partial charge on any atom is 0.246 e. The van der Waals surface area contributed by atoms with E-state index in [4.69, 9.17) is 9.47 Å². The van der Waals surface area contributed by atoms with E-state index in [1.165, 1.54) is 0 Å². The number of carbonyl (C=O) groups is 2. The number of nitrogens with zero attached hydrogens (tertiary/aromatic N) is 1. The second-order valence-corrected chi connectivity index (χ2v) is 6.59. The fourth-order valence-corrected chi connectivity index (χ4v) is 2.97. The van der Waals surface area contributed by atoms with Gasteiger partial charge in [0.25, 0.3) is 0 Å². The molecular weight excluding hydrogens is 344 g/mol. The summed E-state index contributed by atoms with van der Waals surface area (Å²) in [7, 11) is 1.64. The Balaban J connectivity index is 1.62.